The van der Waals surface area contributed by atoms with Gasteiger partial charge in [-0.3, -0.25) is 9.78 Å². The lowest BCUT2D eigenvalue weighted by atomic mass is 10.2. The Bertz CT molecular complexity index is 599. The summed E-state index contributed by atoms with van der Waals surface area (Å²) in [6.07, 6.45) is 9.42. The number of hydrogen-bond donors (Lipinski definition) is 0. The van der Waals surface area contributed by atoms with Gasteiger partial charge in [0.2, 0.25) is 0 Å². The van der Waals surface area contributed by atoms with Crippen LogP contribution in [0.15, 0.2) is 47.4 Å². The normalized spacial score (nSPS) is 11.4. The van der Waals surface area contributed by atoms with Gasteiger partial charge in [-0.15, -0.1) is 0 Å². The maximum absolute atomic E-state index is 11.9. The second kappa shape index (κ2) is 6.15. The van der Waals surface area contributed by atoms with Gasteiger partial charge in [-0.25, -0.2) is 0 Å². The van der Waals surface area contributed by atoms with Gasteiger partial charge in [0, 0.05) is 18.8 Å². The first kappa shape index (κ1) is 12.6. The lowest BCUT2D eigenvalue weighted by molar-refractivity contribution is 0.789. The average Bonchev–Trinajstić information content (AvgIpc) is 2.41. The quantitative estimate of drug-likeness (QED) is 0.596. The first-order valence-electron chi connectivity index (χ1n) is 6.42. The minimum atomic E-state index is 0.0237. The fourth-order valence-corrected chi connectivity index (χ4v) is 1.93. The van der Waals surface area contributed by atoms with Gasteiger partial charge in [0.15, 0.2) is 0 Å². The second-order valence-electron chi connectivity index (χ2n) is 4.30. The van der Waals surface area contributed by atoms with Crippen molar-refractivity contribution < 1.29 is 0 Å². The van der Waals surface area contributed by atoms with Gasteiger partial charge in [-0.2, -0.15) is 0 Å². The van der Waals surface area contributed by atoms with E-state index < -0.39 is 0 Å². The van der Waals surface area contributed by atoms with Crippen LogP contribution in [-0.2, 0) is 6.54 Å². The lowest BCUT2D eigenvalue weighted by Gasteiger charge is -2.06. The molecule has 0 aliphatic heterocycles. The Kier molecular flexibility index (Phi) is 4.29. The van der Waals surface area contributed by atoms with Crippen LogP contribution in [0.2, 0.25) is 0 Å². The van der Waals surface area contributed by atoms with Gasteiger partial charge in [-0.1, -0.05) is 31.9 Å². The van der Waals surface area contributed by atoms with Crippen molar-refractivity contribution in [2.45, 2.75) is 32.7 Å². The molecule has 2 aromatic rings. The van der Waals surface area contributed by atoms with Crippen LogP contribution in [0, 0.1) is 0 Å². The largest absolute Gasteiger partial charge is 0.303 e. The van der Waals surface area contributed by atoms with Gasteiger partial charge < -0.3 is 4.57 Å². The Labute approximate surface area is 107 Å². The van der Waals surface area contributed by atoms with Crippen molar-refractivity contribution in [1.82, 2.24) is 9.55 Å². The average molecular weight is 242 g/mol. The molecule has 0 radical (unpaired) electrons. The standard InChI is InChI=1S/C15H18N2O/c1-2-3-4-5-6-12-17-14-8-7-11-16-13(14)9-10-15(17)18/h5-11H,2-4,12H2,1H3. The van der Waals surface area contributed by atoms with Crippen molar-refractivity contribution in [3.63, 3.8) is 0 Å². The molecule has 0 saturated carbocycles. The van der Waals surface area contributed by atoms with Crippen LogP contribution >= 0.6 is 0 Å². The van der Waals surface area contributed by atoms with E-state index in [9.17, 15) is 4.79 Å². The van der Waals surface area contributed by atoms with E-state index in [-0.39, 0.29) is 5.56 Å². The molecular formula is C15H18N2O. The molecule has 0 aliphatic carbocycles. The van der Waals surface area contributed by atoms with Crippen LogP contribution in [0.3, 0.4) is 0 Å². The monoisotopic (exact) mass is 242 g/mol. The minimum Gasteiger partial charge on any atom is -0.303 e. The van der Waals surface area contributed by atoms with Crippen molar-refractivity contribution in [1.29, 1.82) is 0 Å². The Morgan fingerprint density at radius 1 is 1.28 bits per heavy atom. The smallest absolute Gasteiger partial charge is 0.251 e. The van der Waals surface area contributed by atoms with Crippen LogP contribution < -0.4 is 5.56 Å². The zero-order valence-corrected chi connectivity index (χ0v) is 10.7. The molecule has 0 N–H and O–H groups in total. The van der Waals surface area contributed by atoms with Crippen molar-refractivity contribution in [2.24, 2.45) is 0 Å². The molecule has 0 atom stereocenters. The predicted octanol–water partition coefficient (Wildman–Crippen LogP) is 3.14. The van der Waals surface area contributed by atoms with E-state index >= 15 is 0 Å². The van der Waals surface area contributed by atoms with Crippen LogP contribution in [-0.4, -0.2) is 9.55 Å². The van der Waals surface area contributed by atoms with E-state index in [2.05, 4.69) is 24.1 Å². The summed E-state index contributed by atoms with van der Waals surface area (Å²) in [5.41, 5.74) is 1.78. The number of fused-ring (bicyclic) bond motifs is 1. The van der Waals surface area contributed by atoms with Crippen LogP contribution in [0.1, 0.15) is 26.2 Å². The molecule has 2 heterocycles. The highest BCUT2D eigenvalue weighted by atomic mass is 16.1. The molecule has 0 saturated heterocycles. The fourth-order valence-electron chi connectivity index (χ4n) is 1.93. The maximum Gasteiger partial charge on any atom is 0.251 e. The van der Waals surface area contributed by atoms with Gasteiger partial charge in [0.25, 0.3) is 5.56 Å². The molecule has 0 spiro atoms. The highest BCUT2D eigenvalue weighted by Crippen LogP contribution is 2.07. The third-order valence-electron chi connectivity index (χ3n) is 2.94. The number of aromatic nitrogens is 2. The van der Waals surface area contributed by atoms with Crippen LogP contribution in [0.25, 0.3) is 11.0 Å². The van der Waals surface area contributed by atoms with Crippen molar-refractivity contribution in [2.75, 3.05) is 0 Å². The molecule has 94 valence electrons. The summed E-state index contributed by atoms with van der Waals surface area (Å²) >= 11 is 0. The minimum absolute atomic E-state index is 0.0237. The summed E-state index contributed by atoms with van der Waals surface area (Å²) in [6.45, 7) is 2.79. The second-order valence-corrected chi connectivity index (χ2v) is 4.30. The van der Waals surface area contributed by atoms with E-state index in [1.54, 1.807) is 22.9 Å². The summed E-state index contributed by atoms with van der Waals surface area (Å²) in [7, 11) is 0. The zero-order chi connectivity index (χ0) is 12.8. The van der Waals surface area contributed by atoms with Crippen LogP contribution in [0.4, 0.5) is 0 Å². The van der Waals surface area contributed by atoms with Crippen molar-refractivity contribution in [3.8, 4) is 0 Å². The Hall–Kier alpha value is -1.90. The van der Waals surface area contributed by atoms with Gasteiger partial charge in [-0.05, 0) is 24.6 Å². The number of allylic oxidation sites excluding steroid dienone is 2. The van der Waals surface area contributed by atoms with Gasteiger partial charge in [0.05, 0.1) is 11.0 Å². The molecule has 2 aromatic heterocycles. The maximum atomic E-state index is 11.9. The molecule has 3 heteroatoms. The third-order valence-corrected chi connectivity index (χ3v) is 2.94. The molecule has 0 aromatic carbocycles. The summed E-state index contributed by atoms with van der Waals surface area (Å²) in [6, 6.07) is 7.15. The number of pyridine rings is 2. The molecule has 0 amide bonds. The highest BCUT2D eigenvalue weighted by molar-refractivity contribution is 5.73. The fraction of sp³-hybridized carbons (Fsp3) is 0.333. The molecule has 2 rings (SSSR count). The molecule has 3 nitrogen and oxygen atoms in total. The number of rotatable bonds is 5. The zero-order valence-electron chi connectivity index (χ0n) is 10.7. The van der Waals surface area contributed by atoms with E-state index in [0.717, 1.165) is 17.5 Å². The lowest BCUT2D eigenvalue weighted by Crippen LogP contribution is -2.18. The van der Waals surface area contributed by atoms with Gasteiger partial charge in [0.1, 0.15) is 0 Å². The Morgan fingerprint density at radius 3 is 3.00 bits per heavy atom. The topological polar surface area (TPSA) is 34.9 Å². The third kappa shape index (κ3) is 2.86. The Balaban J connectivity index is 2.24. The van der Waals surface area contributed by atoms with Crippen molar-refractivity contribution in [3.05, 3.63) is 53.0 Å². The first-order valence-corrected chi connectivity index (χ1v) is 6.42. The summed E-state index contributed by atoms with van der Waals surface area (Å²) in [4.78, 5) is 16.1. The molecule has 0 aliphatic rings. The molecule has 18 heavy (non-hydrogen) atoms. The Morgan fingerprint density at radius 2 is 2.17 bits per heavy atom. The van der Waals surface area contributed by atoms with Gasteiger partial charge >= 0.3 is 0 Å². The predicted molar refractivity (Wildman–Crippen MR) is 74.7 cm³/mol. The summed E-state index contributed by atoms with van der Waals surface area (Å²) in [5.74, 6) is 0. The number of nitrogens with zero attached hydrogens (tertiary/aromatic N) is 2. The number of unbranched alkanes of at least 4 members (excludes halogenated alkanes) is 2. The molecule has 0 unspecified atom stereocenters. The van der Waals surface area contributed by atoms with Crippen molar-refractivity contribution >= 4 is 11.0 Å². The SMILES string of the molecule is CCCCC=CCn1c(=O)ccc2ncccc21. The van der Waals surface area contributed by atoms with E-state index in [0.29, 0.717) is 6.54 Å². The van der Waals surface area contributed by atoms with Crippen LogP contribution in [0.5, 0.6) is 0 Å². The summed E-state index contributed by atoms with van der Waals surface area (Å²) in [5, 5.41) is 0. The molecule has 0 fully saturated rings. The summed E-state index contributed by atoms with van der Waals surface area (Å²) < 4.78 is 1.75. The van der Waals surface area contributed by atoms with E-state index in [4.69, 9.17) is 0 Å². The van der Waals surface area contributed by atoms with E-state index in [1.807, 2.05) is 12.1 Å². The first-order chi connectivity index (χ1) is 8.83. The number of hydrogen-bond acceptors (Lipinski definition) is 2. The van der Waals surface area contributed by atoms with E-state index in [1.165, 1.54) is 12.8 Å². The molecular weight excluding hydrogens is 224 g/mol. The highest BCUT2D eigenvalue weighted by Gasteiger charge is 2.00. The molecule has 0 bridgehead atoms.